The molecular formula is C26H24N2O6. The lowest BCUT2D eigenvalue weighted by atomic mass is 10.1. The first-order valence-electron chi connectivity index (χ1n) is 10.7. The first kappa shape index (κ1) is 22.8. The van der Waals surface area contributed by atoms with Crippen molar-refractivity contribution < 1.29 is 28.6 Å². The second-order valence-electron chi connectivity index (χ2n) is 7.71. The molecule has 1 aliphatic heterocycles. The Balaban J connectivity index is 1.47. The molecule has 174 valence electrons. The normalized spacial score (nSPS) is 12.4. The van der Waals surface area contributed by atoms with Crippen LogP contribution in [0.1, 0.15) is 15.9 Å². The van der Waals surface area contributed by atoms with Crippen molar-refractivity contribution in [3.8, 4) is 17.2 Å². The number of nitrogens with one attached hydrogen (secondary N) is 1. The molecule has 3 aromatic carbocycles. The first-order chi connectivity index (χ1) is 16.4. The average molecular weight is 460 g/mol. The van der Waals surface area contributed by atoms with Crippen molar-refractivity contribution >= 4 is 29.0 Å². The highest BCUT2D eigenvalue weighted by Gasteiger charge is 2.28. The van der Waals surface area contributed by atoms with Gasteiger partial charge in [-0.15, -0.1) is 0 Å². The first-order valence-corrected chi connectivity index (χ1v) is 10.7. The molecule has 1 heterocycles. The van der Waals surface area contributed by atoms with Gasteiger partial charge in [-0.25, -0.2) is 0 Å². The van der Waals surface area contributed by atoms with Crippen molar-refractivity contribution in [3.05, 3.63) is 77.9 Å². The fraction of sp³-hybridized carbons (Fsp3) is 0.192. The van der Waals surface area contributed by atoms with Crippen molar-refractivity contribution in [1.29, 1.82) is 0 Å². The fourth-order valence-corrected chi connectivity index (χ4v) is 3.51. The minimum absolute atomic E-state index is 0.156. The molecule has 2 amide bonds. The molecule has 0 atom stereocenters. The quantitative estimate of drug-likeness (QED) is 0.516. The number of methoxy groups -OCH3 is 1. The molecule has 4 rings (SSSR count). The molecular weight excluding hydrogens is 436 g/mol. The van der Waals surface area contributed by atoms with Gasteiger partial charge < -0.3 is 19.5 Å². The number of anilines is 2. The van der Waals surface area contributed by atoms with E-state index >= 15 is 0 Å². The maximum absolute atomic E-state index is 12.8. The van der Waals surface area contributed by atoms with Crippen LogP contribution in [-0.4, -0.2) is 44.5 Å². The van der Waals surface area contributed by atoms with Gasteiger partial charge in [0.05, 0.1) is 12.8 Å². The molecule has 1 N–H and O–H groups in total. The zero-order valence-corrected chi connectivity index (χ0v) is 18.9. The zero-order valence-electron chi connectivity index (χ0n) is 18.9. The average Bonchev–Trinajstić information content (AvgIpc) is 2.85. The molecule has 0 aromatic heterocycles. The van der Waals surface area contributed by atoms with Crippen LogP contribution in [0.3, 0.4) is 0 Å². The van der Waals surface area contributed by atoms with Gasteiger partial charge in [-0.3, -0.25) is 19.3 Å². The summed E-state index contributed by atoms with van der Waals surface area (Å²) in [5.74, 6) is 0.701. The highest BCUT2D eigenvalue weighted by molar-refractivity contribution is 6.06. The third-order valence-corrected chi connectivity index (χ3v) is 5.35. The van der Waals surface area contributed by atoms with E-state index in [0.717, 1.165) is 5.56 Å². The summed E-state index contributed by atoms with van der Waals surface area (Å²) in [4.78, 5) is 39.3. The molecule has 8 nitrogen and oxygen atoms in total. The summed E-state index contributed by atoms with van der Waals surface area (Å²) in [7, 11) is 1.56. The smallest absolute Gasteiger partial charge is 0.265 e. The van der Waals surface area contributed by atoms with Crippen LogP contribution in [-0.2, 0) is 9.59 Å². The summed E-state index contributed by atoms with van der Waals surface area (Å²) in [6.45, 7) is 1.33. The summed E-state index contributed by atoms with van der Waals surface area (Å²) < 4.78 is 16.3. The molecule has 0 bridgehead atoms. The van der Waals surface area contributed by atoms with Crippen molar-refractivity contribution in [3.63, 3.8) is 0 Å². The van der Waals surface area contributed by atoms with Gasteiger partial charge in [-0.05, 0) is 61.0 Å². The number of aryl methyl sites for hydroxylation is 1. The van der Waals surface area contributed by atoms with Gasteiger partial charge in [-0.2, -0.15) is 0 Å². The Morgan fingerprint density at radius 3 is 2.56 bits per heavy atom. The fourth-order valence-electron chi connectivity index (χ4n) is 3.51. The molecule has 0 fully saturated rings. The maximum atomic E-state index is 12.8. The summed E-state index contributed by atoms with van der Waals surface area (Å²) in [5.41, 5.74) is 2.21. The number of carbonyl (C=O) groups is 3. The third-order valence-electron chi connectivity index (χ3n) is 5.35. The summed E-state index contributed by atoms with van der Waals surface area (Å²) in [6.07, 6.45) is 0. The Morgan fingerprint density at radius 2 is 1.82 bits per heavy atom. The second-order valence-corrected chi connectivity index (χ2v) is 7.71. The van der Waals surface area contributed by atoms with Crippen molar-refractivity contribution in [2.45, 2.75) is 6.92 Å². The number of nitrogens with zero attached hydrogens (tertiary/aromatic N) is 1. The largest absolute Gasteiger partial charge is 0.497 e. The van der Waals surface area contributed by atoms with Crippen LogP contribution in [0.2, 0.25) is 0 Å². The van der Waals surface area contributed by atoms with E-state index in [9.17, 15) is 14.4 Å². The number of fused-ring (bicyclic) bond motifs is 1. The van der Waals surface area contributed by atoms with Crippen LogP contribution < -0.4 is 24.4 Å². The lowest BCUT2D eigenvalue weighted by Gasteiger charge is -2.29. The number of ketones is 1. The molecule has 8 heteroatoms. The lowest BCUT2D eigenvalue weighted by Crippen LogP contribution is -2.43. The molecule has 0 saturated carbocycles. The summed E-state index contributed by atoms with van der Waals surface area (Å²) in [5, 5.41) is 2.76. The van der Waals surface area contributed by atoms with E-state index < -0.39 is 0 Å². The number of amides is 2. The van der Waals surface area contributed by atoms with E-state index in [1.807, 2.05) is 25.1 Å². The predicted molar refractivity (Wildman–Crippen MR) is 127 cm³/mol. The van der Waals surface area contributed by atoms with E-state index in [2.05, 4.69) is 5.32 Å². The second kappa shape index (κ2) is 10.1. The van der Waals surface area contributed by atoms with Crippen LogP contribution in [0.15, 0.2) is 66.7 Å². The van der Waals surface area contributed by atoms with Gasteiger partial charge in [0.2, 0.25) is 5.91 Å². The SMILES string of the molecule is COc1ccc(NC(=O)CN2C(=O)COc3ccc(C(=O)COc4ccccc4C)cc32)cc1. The third kappa shape index (κ3) is 5.17. The minimum Gasteiger partial charge on any atom is -0.497 e. The highest BCUT2D eigenvalue weighted by Crippen LogP contribution is 2.33. The summed E-state index contributed by atoms with van der Waals surface area (Å²) >= 11 is 0. The van der Waals surface area contributed by atoms with Crippen LogP contribution in [0.5, 0.6) is 17.2 Å². The molecule has 3 aromatic rings. The van der Waals surface area contributed by atoms with Gasteiger partial charge >= 0.3 is 0 Å². The molecule has 0 spiro atoms. The standard InChI is InChI=1S/C26H24N2O6/c1-17-5-3-4-6-23(17)33-15-22(29)18-7-12-24-21(13-18)28(26(31)16-34-24)14-25(30)27-19-8-10-20(32-2)11-9-19/h3-13H,14-16H2,1-2H3,(H,27,30). The monoisotopic (exact) mass is 460 g/mol. The van der Waals surface area contributed by atoms with Crippen molar-refractivity contribution in [2.24, 2.45) is 0 Å². The Bertz CT molecular complexity index is 1220. The van der Waals surface area contributed by atoms with Crippen molar-refractivity contribution in [2.75, 3.05) is 37.1 Å². The van der Waals surface area contributed by atoms with E-state index in [1.54, 1.807) is 55.6 Å². The van der Waals surface area contributed by atoms with Crippen LogP contribution in [0.4, 0.5) is 11.4 Å². The number of carbonyl (C=O) groups excluding carboxylic acids is 3. The van der Waals surface area contributed by atoms with Crippen LogP contribution in [0.25, 0.3) is 0 Å². The molecule has 34 heavy (non-hydrogen) atoms. The highest BCUT2D eigenvalue weighted by atomic mass is 16.5. The number of Topliss-reactive ketones (excluding diaryl/α,β-unsaturated/α-hetero) is 1. The lowest BCUT2D eigenvalue weighted by molar-refractivity contribution is -0.123. The number of benzene rings is 3. The summed E-state index contributed by atoms with van der Waals surface area (Å²) in [6, 6.07) is 19.1. The van der Waals surface area contributed by atoms with Crippen LogP contribution >= 0.6 is 0 Å². The minimum atomic E-state index is -0.383. The Hall–Kier alpha value is -4.33. The topological polar surface area (TPSA) is 94.2 Å². The molecule has 0 radical (unpaired) electrons. The van der Waals surface area contributed by atoms with Gasteiger partial charge in [0, 0.05) is 11.3 Å². The van der Waals surface area contributed by atoms with Crippen LogP contribution in [0, 0.1) is 6.92 Å². The van der Waals surface area contributed by atoms with E-state index in [-0.39, 0.29) is 37.4 Å². The number of para-hydroxylation sites is 1. The maximum Gasteiger partial charge on any atom is 0.265 e. The van der Waals surface area contributed by atoms with Gasteiger partial charge in [0.1, 0.15) is 23.8 Å². The van der Waals surface area contributed by atoms with Crippen molar-refractivity contribution in [1.82, 2.24) is 0 Å². The zero-order chi connectivity index (χ0) is 24.1. The van der Waals surface area contributed by atoms with E-state index in [0.29, 0.717) is 34.2 Å². The number of hydrogen-bond donors (Lipinski definition) is 1. The number of hydrogen-bond acceptors (Lipinski definition) is 6. The molecule has 0 aliphatic carbocycles. The Kier molecular flexibility index (Phi) is 6.77. The Labute approximate surface area is 197 Å². The number of rotatable bonds is 8. The molecule has 1 aliphatic rings. The van der Waals surface area contributed by atoms with Gasteiger partial charge in [0.25, 0.3) is 5.91 Å². The van der Waals surface area contributed by atoms with E-state index in [1.165, 1.54) is 4.90 Å². The molecule has 0 saturated heterocycles. The molecule has 0 unspecified atom stereocenters. The van der Waals surface area contributed by atoms with Gasteiger partial charge in [-0.1, -0.05) is 18.2 Å². The van der Waals surface area contributed by atoms with Gasteiger partial charge in [0.15, 0.2) is 19.0 Å². The number of ether oxygens (including phenoxy) is 3. The predicted octanol–water partition coefficient (Wildman–Crippen LogP) is 3.63. The van der Waals surface area contributed by atoms with E-state index in [4.69, 9.17) is 14.2 Å². The Morgan fingerprint density at radius 1 is 1.06 bits per heavy atom.